The molecule has 0 atom stereocenters. The molecule has 0 radical (unpaired) electrons. The van der Waals surface area contributed by atoms with Crippen molar-refractivity contribution >= 4 is 0 Å². The van der Waals surface area contributed by atoms with Gasteiger partial charge < -0.3 is 0 Å². The quantitative estimate of drug-likeness (QED) is 0.503. The Morgan fingerprint density at radius 1 is 0.923 bits per heavy atom. The van der Waals surface area contributed by atoms with Crippen LogP contribution in [0.15, 0.2) is 18.9 Å². The van der Waals surface area contributed by atoms with Gasteiger partial charge in [0.15, 0.2) is 0 Å². The molecule has 0 aromatic rings. The lowest BCUT2D eigenvalue weighted by atomic mass is 10.1. The summed E-state index contributed by atoms with van der Waals surface area (Å²) in [7, 11) is 0. The van der Waals surface area contributed by atoms with E-state index in [1.165, 1.54) is 12.8 Å². The Kier molecular flexibility index (Phi) is 73.7. The van der Waals surface area contributed by atoms with Gasteiger partial charge in [-0.3, -0.25) is 0 Å². The van der Waals surface area contributed by atoms with Crippen LogP contribution in [-0.2, 0) is 0 Å². The number of hydrogen-bond donors (Lipinski definition) is 0. The van der Waals surface area contributed by atoms with E-state index >= 15 is 0 Å². The van der Waals surface area contributed by atoms with E-state index in [0.717, 1.165) is 5.92 Å². The van der Waals surface area contributed by atoms with Crippen LogP contribution in [-0.4, -0.2) is 0 Å². The highest BCUT2D eigenvalue weighted by molar-refractivity contribution is 4.51. The van der Waals surface area contributed by atoms with E-state index in [2.05, 4.69) is 39.7 Å². The van der Waals surface area contributed by atoms with E-state index in [-0.39, 0.29) is 0 Å². The largest absolute Gasteiger partial charge is 0.137 e. The molecule has 0 nitrogen and oxygen atoms in total. The standard InChI is InChI=1S/C6H14.C3H4.2C2H6/c1-4-6(3)5-2;1-3-2;2*1-2/h6H,4-5H2,1-3H3;1-2H2;2*1-2H3. The average Bonchev–Trinajstić information content (AvgIpc) is 2.24. The molecule has 0 aliphatic rings. The Morgan fingerprint density at radius 2 is 1.08 bits per heavy atom. The zero-order valence-electron chi connectivity index (χ0n) is 10.9. The van der Waals surface area contributed by atoms with Crippen LogP contribution in [0.1, 0.15) is 61.3 Å². The molecule has 0 spiro atoms. The molecule has 0 saturated carbocycles. The van der Waals surface area contributed by atoms with E-state index in [1.807, 2.05) is 27.7 Å². The molecule has 0 amide bonds. The molecule has 0 N–H and O–H groups in total. The molecule has 0 fully saturated rings. The predicted octanol–water partition coefficient (Wildman–Crippen LogP) is 5.45. The summed E-state index contributed by atoms with van der Waals surface area (Å²) in [5, 5.41) is 0. The third-order valence-electron chi connectivity index (χ3n) is 1.39. The summed E-state index contributed by atoms with van der Waals surface area (Å²) in [6.07, 6.45) is 2.66. The first-order chi connectivity index (χ1) is 6.22. The predicted molar refractivity (Wildman–Crippen MR) is 67.2 cm³/mol. The fourth-order valence-electron chi connectivity index (χ4n) is 0.289. The van der Waals surface area contributed by atoms with Crippen LogP contribution in [0.4, 0.5) is 0 Å². The lowest BCUT2D eigenvalue weighted by Crippen LogP contribution is -1.85. The fraction of sp³-hybridized carbons (Fsp3) is 0.769. The van der Waals surface area contributed by atoms with Crippen molar-refractivity contribution in [3.63, 3.8) is 0 Å². The van der Waals surface area contributed by atoms with Crippen molar-refractivity contribution in [2.45, 2.75) is 61.3 Å². The van der Waals surface area contributed by atoms with Gasteiger partial charge in [-0.05, 0) is 5.92 Å². The summed E-state index contributed by atoms with van der Waals surface area (Å²) in [5.41, 5.74) is 2.25. The van der Waals surface area contributed by atoms with E-state index in [1.54, 1.807) is 0 Å². The van der Waals surface area contributed by atoms with Crippen LogP contribution in [0.25, 0.3) is 0 Å². The molecule has 0 bridgehead atoms. The molecule has 0 heteroatoms. The first kappa shape index (κ1) is 22.9. The second kappa shape index (κ2) is 41.8. The lowest BCUT2D eigenvalue weighted by Gasteiger charge is -1.98. The summed E-state index contributed by atoms with van der Waals surface area (Å²) in [6, 6.07) is 0. The van der Waals surface area contributed by atoms with Gasteiger partial charge in [-0.25, -0.2) is 0 Å². The molecular formula is C13H30. The zero-order valence-corrected chi connectivity index (χ0v) is 10.9. The molecule has 0 aliphatic heterocycles. The maximum Gasteiger partial charge on any atom is -0.0448 e. The van der Waals surface area contributed by atoms with Crippen molar-refractivity contribution in [2.24, 2.45) is 5.92 Å². The second-order valence-corrected chi connectivity index (χ2v) is 2.17. The van der Waals surface area contributed by atoms with E-state index in [9.17, 15) is 0 Å². The average molecular weight is 186 g/mol. The molecule has 0 aromatic heterocycles. The van der Waals surface area contributed by atoms with Gasteiger partial charge in [-0.2, -0.15) is 0 Å². The summed E-state index contributed by atoms with van der Waals surface area (Å²) in [5.74, 6) is 0.935. The SMILES string of the molecule is C=C=C.CC.CC.CCC(C)CC. The van der Waals surface area contributed by atoms with Gasteiger partial charge in [0.2, 0.25) is 0 Å². The minimum Gasteiger partial charge on any atom is -0.137 e. The first-order valence-electron chi connectivity index (χ1n) is 5.52. The van der Waals surface area contributed by atoms with E-state index in [0.29, 0.717) is 0 Å². The molecule has 0 unspecified atom stereocenters. The Bertz CT molecular complexity index is 62.1. The molecule has 0 saturated heterocycles. The van der Waals surface area contributed by atoms with Gasteiger partial charge >= 0.3 is 0 Å². The van der Waals surface area contributed by atoms with Crippen molar-refractivity contribution in [1.82, 2.24) is 0 Å². The van der Waals surface area contributed by atoms with Gasteiger partial charge in [-0.1, -0.05) is 74.5 Å². The van der Waals surface area contributed by atoms with Gasteiger partial charge in [0.05, 0.1) is 0 Å². The Hall–Kier alpha value is -0.480. The Balaban J connectivity index is -0.0000000493. The minimum absolute atomic E-state index is 0.935. The first-order valence-corrected chi connectivity index (χ1v) is 5.52. The highest BCUT2D eigenvalue weighted by Gasteiger charge is 1.88. The zero-order chi connectivity index (χ0) is 11.7. The Morgan fingerprint density at radius 3 is 1.08 bits per heavy atom. The molecule has 82 valence electrons. The number of hydrogen-bond acceptors (Lipinski definition) is 0. The van der Waals surface area contributed by atoms with Crippen LogP contribution < -0.4 is 0 Å². The summed E-state index contributed by atoms with van der Waals surface area (Å²) < 4.78 is 0. The van der Waals surface area contributed by atoms with Gasteiger partial charge in [0.1, 0.15) is 0 Å². The second-order valence-electron chi connectivity index (χ2n) is 2.17. The lowest BCUT2D eigenvalue weighted by molar-refractivity contribution is 0.544. The summed E-state index contributed by atoms with van der Waals surface area (Å²) in [6.45, 7) is 21.0. The summed E-state index contributed by atoms with van der Waals surface area (Å²) >= 11 is 0. The van der Waals surface area contributed by atoms with Gasteiger partial charge in [0, 0.05) is 0 Å². The molecule has 0 aliphatic carbocycles. The molecule has 0 heterocycles. The number of rotatable bonds is 2. The van der Waals surface area contributed by atoms with Crippen LogP contribution >= 0.6 is 0 Å². The summed E-state index contributed by atoms with van der Waals surface area (Å²) in [4.78, 5) is 0. The minimum atomic E-state index is 0.935. The molecular weight excluding hydrogens is 156 g/mol. The van der Waals surface area contributed by atoms with Crippen LogP contribution in [0, 0.1) is 5.92 Å². The van der Waals surface area contributed by atoms with Crippen molar-refractivity contribution in [3.8, 4) is 0 Å². The van der Waals surface area contributed by atoms with E-state index in [4.69, 9.17) is 0 Å². The van der Waals surface area contributed by atoms with E-state index < -0.39 is 0 Å². The molecule has 13 heavy (non-hydrogen) atoms. The van der Waals surface area contributed by atoms with Crippen LogP contribution in [0.3, 0.4) is 0 Å². The topological polar surface area (TPSA) is 0 Å². The smallest absolute Gasteiger partial charge is 0.0448 e. The van der Waals surface area contributed by atoms with Crippen LogP contribution in [0.2, 0.25) is 0 Å². The highest BCUT2D eigenvalue weighted by Crippen LogP contribution is 2.02. The van der Waals surface area contributed by atoms with Crippen molar-refractivity contribution in [2.75, 3.05) is 0 Å². The maximum atomic E-state index is 3.12. The van der Waals surface area contributed by atoms with Gasteiger partial charge in [-0.15, -0.1) is 5.73 Å². The van der Waals surface area contributed by atoms with Crippen LogP contribution in [0.5, 0.6) is 0 Å². The maximum absolute atomic E-state index is 3.12. The highest BCUT2D eigenvalue weighted by atomic mass is 13.9. The third-order valence-corrected chi connectivity index (χ3v) is 1.39. The van der Waals surface area contributed by atoms with Crippen molar-refractivity contribution < 1.29 is 0 Å². The monoisotopic (exact) mass is 186 g/mol. The molecule has 0 aromatic carbocycles. The van der Waals surface area contributed by atoms with Gasteiger partial charge in [0.25, 0.3) is 0 Å². The Labute approximate surface area is 86.8 Å². The third kappa shape index (κ3) is 84.3. The van der Waals surface area contributed by atoms with Crippen molar-refractivity contribution in [3.05, 3.63) is 18.9 Å². The van der Waals surface area contributed by atoms with Crippen molar-refractivity contribution in [1.29, 1.82) is 0 Å². The molecule has 0 rings (SSSR count). The normalized spacial score (nSPS) is 6.15. The fourth-order valence-corrected chi connectivity index (χ4v) is 0.289.